The Morgan fingerprint density at radius 3 is 2.82 bits per heavy atom. The minimum Gasteiger partial charge on any atom is -0.383 e. The van der Waals surface area contributed by atoms with Crippen LogP contribution in [-0.4, -0.2) is 41.5 Å². The van der Waals surface area contributed by atoms with Crippen molar-refractivity contribution < 1.29 is 9.53 Å². The second-order valence-corrected chi connectivity index (χ2v) is 7.49. The Morgan fingerprint density at radius 2 is 2.07 bits per heavy atom. The predicted molar refractivity (Wildman–Crippen MR) is 113 cm³/mol. The van der Waals surface area contributed by atoms with Gasteiger partial charge in [0.2, 0.25) is 5.91 Å². The molecule has 146 valence electrons. The van der Waals surface area contributed by atoms with E-state index in [4.69, 9.17) is 16.3 Å². The average Bonchev–Trinajstić information content (AvgIpc) is 2.67. The number of carbonyl (C=O) groups is 1. The molecule has 0 saturated carbocycles. The number of hydrogen-bond acceptors (Lipinski definition) is 5. The second kappa shape index (κ2) is 9.23. The topological polar surface area (TPSA) is 73.2 Å². The SMILES string of the molecule is COCCNC(=O)CSc1nc2cc(Cl)ccc2c(=O)n1-c1ccccc1C. The number of carbonyl (C=O) groups excluding carboxylic acids is 1. The molecule has 0 aliphatic heterocycles. The van der Waals surface area contributed by atoms with Crippen molar-refractivity contribution in [1.29, 1.82) is 0 Å². The molecular formula is C20H20ClN3O3S. The predicted octanol–water partition coefficient (Wildman–Crippen LogP) is 3.20. The van der Waals surface area contributed by atoms with Crippen molar-refractivity contribution in [3.8, 4) is 5.69 Å². The molecule has 3 rings (SSSR count). The molecule has 0 unspecified atom stereocenters. The zero-order valence-electron chi connectivity index (χ0n) is 15.6. The second-order valence-electron chi connectivity index (χ2n) is 6.11. The molecule has 0 aliphatic rings. The van der Waals surface area contributed by atoms with Crippen molar-refractivity contribution in [3.63, 3.8) is 0 Å². The summed E-state index contributed by atoms with van der Waals surface area (Å²) in [5.41, 5.74) is 1.98. The lowest BCUT2D eigenvalue weighted by Crippen LogP contribution is -2.29. The highest BCUT2D eigenvalue weighted by Crippen LogP contribution is 2.24. The molecule has 0 fully saturated rings. The Bertz CT molecular complexity index is 1070. The van der Waals surface area contributed by atoms with Crippen molar-refractivity contribution in [1.82, 2.24) is 14.9 Å². The summed E-state index contributed by atoms with van der Waals surface area (Å²) >= 11 is 7.28. The van der Waals surface area contributed by atoms with Gasteiger partial charge in [-0.2, -0.15) is 0 Å². The molecule has 3 aromatic rings. The first-order chi connectivity index (χ1) is 13.5. The van der Waals surface area contributed by atoms with Crippen molar-refractivity contribution in [2.24, 2.45) is 0 Å². The number of benzene rings is 2. The molecule has 0 radical (unpaired) electrons. The number of nitrogens with one attached hydrogen (secondary N) is 1. The van der Waals surface area contributed by atoms with Gasteiger partial charge in [0.25, 0.3) is 5.56 Å². The number of rotatable bonds is 7. The van der Waals surface area contributed by atoms with Gasteiger partial charge in [-0.3, -0.25) is 14.2 Å². The molecule has 1 amide bonds. The van der Waals surface area contributed by atoms with E-state index >= 15 is 0 Å². The van der Waals surface area contributed by atoms with Crippen molar-refractivity contribution in [2.45, 2.75) is 12.1 Å². The Hall–Kier alpha value is -2.35. The smallest absolute Gasteiger partial charge is 0.266 e. The summed E-state index contributed by atoms with van der Waals surface area (Å²) in [6, 6.07) is 12.6. The van der Waals surface area contributed by atoms with Gasteiger partial charge in [-0.25, -0.2) is 4.98 Å². The number of amides is 1. The van der Waals surface area contributed by atoms with Crippen LogP contribution in [0.25, 0.3) is 16.6 Å². The average molecular weight is 418 g/mol. The Labute approximate surface area is 171 Å². The van der Waals surface area contributed by atoms with Gasteiger partial charge >= 0.3 is 0 Å². The number of nitrogens with zero attached hydrogens (tertiary/aromatic N) is 2. The largest absolute Gasteiger partial charge is 0.383 e. The Kier molecular flexibility index (Phi) is 6.72. The number of methoxy groups -OCH3 is 1. The van der Waals surface area contributed by atoms with Gasteiger partial charge in [0, 0.05) is 18.7 Å². The summed E-state index contributed by atoms with van der Waals surface area (Å²) in [6.07, 6.45) is 0. The van der Waals surface area contributed by atoms with Gasteiger partial charge in [0.05, 0.1) is 29.0 Å². The molecule has 6 nitrogen and oxygen atoms in total. The first-order valence-corrected chi connectivity index (χ1v) is 10.0. The third kappa shape index (κ3) is 4.55. The van der Waals surface area contributed by atoms with Crippen LogP contribution in [0.15, 0.2) is 52.4 Å². The van der Waals surface area contributed by atoms with Gasteiger partial charge in [0.1, 0.15) is 0 Å². The molecule has 0 spiro atoms. The fraction of sp³-hybridized carbons (Fsp3) is 0.250. The van der Waals surface area contributed by atoms with Gasteiger partial charge in [-0.15, -0.1) is 0 Å². The van der Waals surface area contributed by atoms with Gasteiger partial charge in [0.15, 0.2) is 5.16 Å². The third-order valence-corrected chi connectivity index (χ3v) is 5.29. The summed E-state index contributed by atoms with van der Waals surface area (Å²) in [7, 11) is 1.58. The van der Waals surface area contributed by atoms with Gasteiger partial charge in [-0.05, 0) is 36.8 Å². The van der Waals surface area contributed by atoms with Gasteiger partial charge < -0.3 is 10.1 Å². The van der Waals surface area contributed by atoms with Crippen LogP contribution in [0.5, 0.6) is 0 Å². The number of fused-ring (bicyclic) bond motifs is 1. The molecule has 0 saturated heterocycles. The summed E-state index contributed by atoms with van der Waals surface area (Å²) in [5.74, 6) is -0.0208. The lowest BCUT2D eigenvalue weighted by molar-refractivity contribution is -0.118. The lowest BCUT2D eigenvalue weighted by Gasteiger charge is -2.15. The van der Waals surface area contributed by atoms with Crippen LogP contribution in [0.4, 0.5) is 0 Å². The summed E-state index contributed by atoms with van der Waals surface area (Å²) in [4.78, 5) is 29.9. The van der Waals surface area contributed by atoms with E-state index in [1.807, 2.05) is 31.2 Å². The quantitative estimate of drug-likeness (QED) is 0.363. The number of aryl methyl sites for hydroxylation is 1. The van der Waals surface area contributed by atoms with E-state index in [0.29, 0.717) is 34.2 Å². The lowest BCUT2D eigenvalue weighted by atomic mass is 10.2. The van der Waals surface area contributed by atoms with Crippen molar-refractivity contribution >= 4 is 40.2 Å². The standard InChI is InChI=1S/C20H20ClN3O3S/c1-13-5-3-4-6-17(13)24-19(26)15-8-7-14(21)11-16(15)23-20(24)28-12-18(25)22-9-10-27-2/h3-8,11H,9-10,12H2,1-2H3,(H,22,25). The Balaban J connectivity index is 2.04. The first kappa shape index (κ1) is 20.4. The molecule has 0 aliphatic carbocycles. The van der Waals surface area contributed by atoms with Crippen LogP contribution in [0, 0.1) is 6.92 Å². The van der Waals surface area contributed by atoms with Crippen LogP contribution in [0.3, 0.4) is 0 Å². The van der Waals surface area contributed by atoms with Crippen molar-refractivity contribution in [2.75, 3.05) is 26.0 Å². The normalized spacial score (nSPS) is 11.0. The molecule has 8 heteroatoms. The number of para-hydroxylation sites is 1. The van der Waals surface area contributed by atoms with Crippen LogP contribution >= 0.6 is 23.4 Å². The zero-order chi connectivity index (χ0) is 20.1. The van der Waals surface area contributed by atoms with Crippen LogP contribution in [0.2, 0.25) is 5.02 Å². The maximum atomic E-state index is 13.2. The number of hydrogen-bond donors (Lipinski definition) is 1. The fourth-order valence-corrected chi connectivity index (χ4v) is 3.74. The highest BCUT2D eigenvalue weighted by Gasteiger charge is 2.16. The maximum absolute atomic E-state index is 13.2. The summed E-state index contributed by atoms with van der Waals surface area (Å²) in [5, 5.41) is 4.18. The Morgan fingerprint density at radius 1 is 1.29 bits per heavy atom. The third-order valence-electron chi connectivity index (χ3n) is 4.12. The summed E-state index contributed by atoms with van der Waals surface area (Å²) in [6.45, 7) is 2.80. The van der Waals surface area contributed by atoms with E-state index in [-0.39, 0.29) is 17.2 Å². The molecule has 28 heavy (non-hydrogen) atoms. The molecule has 0 bridgehead atoms. The highest BCUT2D eigenvalue weighted by atomic mass is 35.5. The van der Waals surface area contributed by atoms with E-state index in [2.05, 4.69) is 10.3 Å². The van der Waals surface area contributed by atoms with E-state index < -0.39 is 0 Å². The summed E-state index contributed by atoms with van der Waals surface area (Å²) < 4.78 is 6.48. The van der Waals surface area contributed by atoms with Crippen molar-refractivity contribution in [3.05, 3.63) is 63.4 Å². The van der Waals surface area contributed by atoms with E-state index in [1.54, 1.807) is 29.9 Å². The van der Waals surface area contributed by atoms with E-state index in [1.165, 1.54) is 11.8 Å². The first-order valence-electron chi connectivity index (χ1n) is 8.68. The van der Waals surface area contributed by atoms with E-state index in [0.717, 1.165) is 11.3 Å². The number of aromatic nitrogens is 2. The number of ether oxygens (including phenoxy) is 1. The highest BCUT2D eigenvalue weighted by molar-refractivity contribution is 7.99. The zero-order valence-corrected chi connectivity index (χ0v) is 17.1. The molecule has 0 atom stereocenters. The van der Waals surface area contributed by atoms with Crippen LogP contribution in [0.1, 0.15) is 5.56 Å². The monoisotopic (exact) mass is 417 g/mol. The number of halogens is 1. The van der Waals surface area contributed by atoms with Crippen LogP contribution in [-0.2, 0) is 9.53 Å². The minimum atomic E-state index is -0.196. The van der Waals surface area contributed by atoms with E-state index in [9.17, 15) is 9.59 Å². The molecular weight excluding hydrogens is 398 g/mol. The molecule has 2 aromatic carbocycles. The molecule has 1 N–H and O–H groups in total. The fourth-order valence-electron chi connectivity index (χ4n) is 2.74. The maximum Gasteiger partial charge on any atom is 0.266 e. The molecule has 1 heterocycles. The number of thioether (sulfide) groups is 1. The van der Waals surface area contributed by atoms with Crippen LogP contribution < -0.4 is 10.9 Å². The minimum absolute atomic E-state index is 0.133. The molecule has 1 aromatic heterocycles. The van der Waals surface area contributed by atoms with Gasteiger partial charge in [-0.1, -0.05) is 41.6 Å².